The third-order valence-electron chi connectivity index (χ3n) is 3.32. The Balaban J connectivity index is 2.61. The van der Waals surface area contributed by atoms with E-state index in [1.165, 1.54) is 0 Å². The lowest BCUT2D eigenvalue weighted by atomic mass is 9.92. The molecular formula is C15H29NO3. The van der Waals surface area contributed by atoms with E-state index >= 15 is 0 Å². The lowest BCUT2D eigenvalue weighted by Crippen LogP contribution is -2.38. The van der Waals surface area contributed by atoms with Gasteiger partial charge in [-0.3, -0.25) is 9.69 Å². The maximum Gasteiger partial charge on any atom is 0.321 e. The second-order valence-corrected chi connectivity index (χ2v) is 7.75. The number of likely N-dealkylation sites (tertiary alicyclic amines) is 1. The number of hydrogen-bond acceptors (Lipinski definition) is 3. The monoisotopic (exact) mass is 271 g/mol. The summed E-state index contributed by atoms with van der Waals surface area (Å²) >= 11 is 0. The third kappa shape index (κ3) is 5.91. The first-order valence-electron chi connectivity index (χ1n) is 7.13. The highest BCUT2D eigenvalue weighted by Gasteiger charge is 2.38. The number of nitrogens with zero attached hydrogens (tertiary/aromatic N) is 1. The number of carbonyl (C=O) groups is 1. The van der Waals surface area contributed by atoms with Gasteiger partial charge in [0.25, 0.3) is 0 Å². The number of aliphatic carboxylic acids is 1. The van der Waals surface area contributed by atoms with Crippen LogP contribution in [0.3, 0.4) is 0 Å². The Hall–Kier alpha value is -0.610. The van der Waals surface area contributed by atoms with Crippen LogP contribution in [-0.2, 0) is 9.53 Å². The molecule has 112 valence electrons. The van der Waals surface area contributed by atoms with Gasteiger partial charge in [0.2, 0.25) is 0 Å². The van der Waals surface area contributed by atoms with Crippen LogP contribution in [0.15, 0.2) is 0 Å². The van der Waals surface area contributed by atoms with Crippen LogP contribution in [-0.4, -0.2) is 46.8 Å². The minimum absolute atomic E-state index is 0.0288. The van der Waals surface area contributed by atoms with Crippen molar-refractivity contribution in [3.63, 3.8) is 0 Å². The predicted molar refractivity (Wildman–Crippen MR) is 76.3 cm³/mol. The first-order valence-corrected chi connectivity index (χ1v) is 7.13. The van der Waals surface area contributed by atoms with Gasteiger partial charge in [-0.05, 0) is 39.2 Å². The van der Waals surface area contributed by atoms with Gasteiger partial charge in [0.15, 0.2) is 0 Å². The highest BCUT2D eigenvalue weighted by atomic mass is 16.5. The van der Waals surface area contributed by atoms with Gasteiger partial charge in [0, 0.05) is 13.0 Å². The van der Waals surface area contributed by atoms with E-state index in [2.05, 4.69) is 25.7 Å². The molecule has 4 nitrogen and oxygen atoms in total. The van der Waals surface area contributed by atoms with Crippen molar-refractivity contribution in [1.82, 2.24) is 4.90 Å². The standard InChI is InChI=1S/C15H29NO3/c1-14(2,3)7-8-16-10-11(19-15(4,5)6)9-12(16)13(17)18/h11-12H,7-10H2,1-6H3,(H,17,18). The van der Waals surface area contributed by atoms with Gasteiger partial charge < -0.3 is 9.84 Å². The van der Waals surface area contributed by atoms with Crippen LogP contribution in [0.5, 0.6) is 0 Å². The second-order valence-electron chi connectivity index (χ2n) is 7.75. The highest BCUT2D eigenvalue weighted by molar-refractivity contribution is 5.74. The van der Waals surface area contributed by atoms with Crippen molar-refractivity contribution >= 4 is 5.97 Å². The number of rotatable bonds is 4. The van der Waals surface area contributed by atoms with Crippen LogP contribution in [0.2, 0.25) is 0 Å². The van der Waals surface area contributed by atoms with Crippen LogP contribution < -0.4 is 0 Å². The molecule has 1 aliphatic heterocycles. The molecule has 0 saturated carbocycles. The number of ether oxygens (including phenoxy) is 1. The Labute approximate surface area is 117 Å². The molecule has 0 radical (unpaired) electrons. The topological polar surface area (TPSA) is 49.8 Å². The number of hydrogen-bond donors (Lipinski definition) is 1. The molecule has 4 heteroatoms. The summed E-state index contributed by atoms with van der Waals surface area (Å²) < 4.78 is 5.94. The van der Waals surface area contributed by atoms with Crippen LogP contribution in [0, 0.1) is 5.41 Å². The summed E-state index contributed by atoms with van der Waals surface area (Å²) in [7, 11) is 0. The Kier molecular flexibility index (Phi) is 5.02. The van der Waals surface area contributed by atoms with E-state index in [-0.39, 0.29) is 17.1 Å². The van der Waals surface area contributed by atoms with Gasteiger partial charge in [0.05, 0.1) is 11.7 Å². The zero-order chi connectivity index (χ0) is 14.8. The SMILES string of the molecule is CC(C)(C)CCN1CC(OC(C)(C)C)CC1C(=O)O. The van der Waals surface area contributed by atoms with E-state index in [1.807, 2.05) is 20.8 Å². The molecule has 2 unspecified atom stereocenters. The van der Waals surface area contributed by atoms with Crippen molar-refractivity contribution in [2.24, 2.45) is 5.41 Å². The molecule has 1 rings (SSSR count). The molecule has 0 spiro atoms. The van der Waals surface area contributed by atoms with E-state index < -0.39 is 12.0 Å². The molecule has 0 aliphatic carbocycles. The average Bonchev–Trinajstić information content (AvgIpc) is 2.54. The second kappa shape index (κ2) is 5.80. The summed E-state index contributed by atoms with van der Waals surface area (Å²) in [4.78, 5) is 13.4. The summed E-state index contributed by atoms with van der Waals surface area (Å²) in [6, 6.07) is -0.394. The van der Waals surface area contributed by atoms with Gasteiger partial charge in [-0.25, -0.2) is 0 Å². The molecular weight excluding hydrogens is 242 g/mol. The maximum atomic E-state index is 11.4. The summed E-state index contributed by atoms with van der Waals surface area (Å²) in [6.07, 6.45) is 1.62. The molecule has 0 amide bonds. The minimum atomic E-state index is -0.728. The molecule has 0 aromatic heterocycles. The van der Waals surface area contributed by atoms with Crippen molar-refractivity contribution < 1.29 is 14.6 Å². The van der Waals surface area contributed by atoms with E-state index in [1.54, 1.807) is 0 Å². The van der Waals surface area contributed by atoms with Gasteiger partial charge in [-0.1, -0.05) is 20.8 Å². The fourth-order valence-corrected chi connectivity index (χ4v) is 2.43. The van der Waals surface area contributed by atoms with Gasteiger partial charge in [-0.15, -0.1) is 0 Å². The van der Waals surface area contributed by atoms with E-state index in [4.69, 9.17) is 4.74 Å². The zero-order valence-electron chi connectivity index (χ0n) is 13.2. The largest absolute Gasteiger partial charge is 0.480 e. The van der Waals surface area contributed by atoms with Crippen molar-refractivity contribution in [3.8, 4) is 0 Å². The fraction of sp³-hybridized carbons (Fsp3) is 0.933. The van der Waals surface area contributed by atoms with Crippen molar-refractivity contribution in [2.45, 2.75) is 72.1 Å². The predicted octanol–water partition coefficient (Wildman–Crippen LogP) is 2.77. The van der Waals surface area contributed by atoms with E-state index in [9.17, 15) is 9.90 Å². The molecule has 1 N–H and O–H groups in total. The van der Waals surface area contributed by atoms with Gasteiger partial charge in [-0.2, -0.15) is 0 Å². The van der Waals surface area contributed by atoms with Crippen LogP contribution in [0.25, 0.3) is 0 Å². The average molecular weight is 271 g/mol. The summed E-state index contributed by atoms with van der Waals surface area (Å²) in [5.41, 5.74) is 0.0137. The van der Waals surface area contributed by atoms with E-state index in [0.29, 0.717) is 6.42 Å². The molecule has 0 aromatic carbocycles. The molecule has 19 heavy (non-hydrogen) atoms. The molecule has 0 aromatic rings. The lowest BCUT2D eigenvalue weighted by Gasteiger charge is -2.27. The molecule has 1 heterocycles. The van der Waals surface area contributed by atoms with Crippen LogP contribution >= 0.6 is 0 Å². The first-order chi connectivity index (χ1) is 8.48. The van der Waals surface area contributed by atoms with Crippen molar-refractivity contribution in [1.29, 1.82) is 0 Å². The number of carboxylic acid groups (broad SMARTS) is 1. The minimum Gasteiger partial charge on any atom is -0.480 e. The molecule has 1 fully saturated rings. The normalized spacial score (nSPS) is 25.8. The lowest BCUT2D eigenvalue weighted by molar-refractivity contribution is -0.142. The summed E-state index contributed by atoms with van der Waals surface area (Å²) in [5, 5.41) is 9.33. The Morgan fingerprint density at radius 3 is 2.26 bits per heavy atom. The van der Waals surface area contributed by atoms with Crippen molar-refractivity contribution in [3.05, 3.63) is 0 Å². The Morgan fingerprint density at radius 1 is 1.26 bits per heavy atom. The molecule has 2 atom stereocenters. The van der Waals surface area contributed by atoms with E-state index in [0.717, 1.165) is 19.5 Å². The fourth-order valence-electron chi connectivity index (χ4n) is 2.43. The first kappa shape index (κ1) is 16.4. The molecule has 1 aliphatic rings. The van der Waals surface area contributed by atoms with Gasteiger partial charge in [0.1, 0.15) is 6.04 Å². The van der Waals surface area contributed by atoms with Crippen LogP contribution in [0.1, 0.15) is 54.4 Å². The highest BCUT2D eigenvalue weighted by Crippen LogP contribution is 2.27. The zero-order valence-corrected chi connectivity index (χ0v) is 13.2. The quantitative estimate of drug-likeness (QED) is 0.854. The maximum absolute atomic E-state index is 11.4. The molecule has 1 saturated heterocycles. The summed E-state index contributed by atoms with van der Waals surface area (Å²) in [6.45, 7) is 14.1. The van der Waals surface area contributed by atoms with Gasteiger partial charge >= 0.3 is 5.97 Å². The Bertz CT molecular complexity index is 314. The smallest absolute Gasteiger partial charge is 0.321 e. The van der Waals surface area contributed by atoms with Crippen LogP contribution in [0.4, 0.5) is 0 Å². The molecule has 0 bridgehead atoms. The number of carboxylic acids is 1. The van der Waals surface area contributed by atoms with Crippen molar-refractivity contribution in [2.75, 3.05) is 13.1 Å². The Morgan fingerprint density at radius 2 is 1.84 bits per heavy atom. The third-order valence-corrected chi connectivity index (χ3v) is 3.32. The summed E-state index contributed by atoms with van der Waals surface area (Å²) in [5.74, 6) is -0.728.